The fourth-order valence-corrected chi connectivity index (χ4v) is 2.34. The quantitative estimate of drug-likeness (QED) is 0.528. The van der Waals surface area contributed by atoms with Gasteiger partial charge in [0.2, 0.25) is 0 Å². The molecule has 2 heterocycles. The van der Waals surface area contributed by atoms with E-state index in [9.17, 15) is 14.5 Å². The molecule has 4 atom stereocenters. The van der Waals surface area contributed by atoms with Crippen LogP contribution in [0.3, 0.4) is 0 Å². The van der Waals surface area contributed by atoms with Crippen LogP contribution < -0.4 is 5.69 Å². The highest BCUT2D eigenvalue weighted by Crippen LogP contribution is 2.47. The van der Waals surface area contributed by atoms with Crippen molar-refractivity contribution in [1.29, 1.82) is 0 Å². The molecule has 10 heteroatoms. The maximum absolute atomic E-state index is 11.5. The number of aromatic nitrogens is 2. The van der Waals surface area contributed by atoms with Crippen LogP contribution in [0, 0.1) is 0 Å². The molecule has 2 rings (SSSR count). The van der Waals surface area contributed by atoms with E-state index in [1.165, 1.54) is 17.0 Å². The van der Waals surface area contributed by atoms with E-state index in [1.807, 2.05) is 0 Å². The van der Waals surface area contributed by atoms with Gasteiger partial charge >= 0.3 is 12.5 Å². The Morgan fingerprint density at radius 3 is 3.05 bits per heavy atom. The van der Waals surface area contributed by atoms with Gasteiger partial charge in [0.1, 0.15) is 12.3 Å². The van der Waals surface area contributed by atoms with Crippen molar-refractivity contribution >= 4 is 19.0 Å². The van der Waals surface area contributed by atoms with Gasteiger partial charge < -0.3 is 14.7 Å². The number of aliphatic hydroxyl groups excluding tert-OH is 1. The Kier molecular flexibility index (Phi) is 4.44. The van der Waals surface area contributed by atoms with E-state index in [4.69, 9.17) is 9.63 Å². The predicted octanol–water partition coefficient (Wildman–Crippen LogP) is -0.0615. The van der Waals surface area contributed by atoms with E-state index in [0.717, 1.165) is 0 Å². The van der Waals surface area contributed by atoms with E-state index in [0.29, 0.717) is 0 Å². The van der Waals surface area contributed by atoms with Crippen LogP contribution in [0.5, 0.6) is 0 Å². The molecule has 0 aliphatic carbocycles. The van der Waals surface area contributed by atoms with Gasteiger partial charge in [0.25, 0.3) is 0 Å². The number of hydrogen-bond acceptors (Lipinski definition) is 6. The number of aliphatic hydroxyl groups is 1. The van der Waals surface area contributed by atoms with Gasteiger partial charge in [-0.2, -0.15) is 0 Å². The number of nitrogens with zero attached hydrogens (tertiary/aromatic N) is 2. The first-order valence-electron chi connectivity index (χ1n) is 5.43. The number of ether oxygens (including phenoxy) is 1. The van der Waals surface area contributed by atoms with Gasteiger partial charge in [0.15, 0.2) is 0 Å². The molecule has 0 amide bonds. The molecule has 8 nitrogen and oxygen atoms in total. The summed E-state index contributed by atoms with van der Waals surface area (Å²) >= 11 is 3.35. The summed E-state index contributed by atoms with van der Waals surface area (Å²) in [5.41, 5.74) is -0.497. The minimum absolute atomic E-state index is 0.169. The van der Waals surface area contributed by atoms with Gasteiger partial charge in [-0.3, -0.25) is 9.09 Å². The lowest BCUT2D eigenvalue weighted by atomic mass is 10.2. The van der Waals surface area contributed by atoms with Crippen LogP contribution in [-0.4, -0.2) is 38.4 Å². The summed E-state index contributed by atoms with van der Waals surface area (Å²) < 4.78 is 22.1. The fourth-order valence-electron chi connectivity index (χ4n) is 1.79. The normalized spacial score (nSPS) is 30.2. The highest BCUT2D eigenvalue weighted by Gasteiger charge is 2.36. The van der Waals surface area contributed by atoms with Gasteiger partial charge in [0.05, 0.1) is 12.7 Å². The van der Waals surface area contributed by atoms with Crippen molar-refractivity contribution in [3.05, 3.63) is 28.9 Å². The second-order valence-corrected chi connectivity index (χ2v) is 6.78. The second kappa shape index (κ2) is 5.74. The Labute approximate surface area is 113 Å². The lowest BCUT2D eigenvalue weighted by Crippen LogP contribution is -2.27. The van der Waals surface area contributed by atoms with Crippen LogP contribution in [0.2, 0.25) is 0 Å². The maximum Gasteiger partial charge on any atom is 0.383 e. The first-order chi connectivity index (χ1) is 8.87. The Hall–Kier alpha value is -0.700. The van der Waals surface area contributed by atoms with E-state index >= 15 is 0 Å². The van der Waals surface area contributed by atoms with Crippen molar-refractivity contribution < 1.29 is 23.8 Å². The summed E-state index contributed by atoms with van der Waals surface area (Å²) in [5.74, 6) is 0. The van der Waals surface area contributed by atoms with Crippen molar-refractivity contribution in [3.63, 3.8) is 0 Å². The van der Waals surface area contributed by atoms with Gasteiger partial charge in [0, 0.05) is 18.8 Å². The summed E-state index contributed by atoms with van der Waals surface area (Å²) in [6, 6.07) is 1.57. The maximum atomic E-state index is 11.5. The highest BCUT2D eigenvalue weighted by atomic mass is 32.7. The molecular formula is C9H13N2O6PS. The summed E-state index contributed by atoms with van der Waals surface area (Å²) in [6.45, 7) is -4.21. The van der Waals surface area contributed by atoms with Crippen LogP contribution in [0.1, 0.15) is 12.6 Å². The predicted molar refractivity (Wildman–Crippen MR) is 67.8 cm³/mol. The zero-order valence-corrected chi connectivity index (χ0v) is 11.5. The Bertz CT molecular complexity index is 546. The molecule has 0 saturated carbocycles. The topological polar surface area (TPSA) is 111 Å². The highest BCUT2D eigenvalue weighted by molar-refractivity contribution is 8.44. The van der Waals surface area contributed by atoms with Gasteiger partial charge in [-0.25, -0.2) is 14.3 Å². The third-order valence-electron chi connectivity index (χ3n) is 2.66. The van der Waals surface area contributed by atoms with Gasteiger partial charge in [-0.15, -0.1) is 0 Å². The number of hydrogen-bond donors (Lipinski definition) is 3. The molecule has 1 aromatic rings. The molecule has 19 heavy (non-hydrogen) atoms. The Morgan fingerprint density at radius 2 is 2.42 bits per heavy atom. The molecule has 2 N–H and O–H groups in total. The molecule has 0 radical (unpaired) electrons. The molecule has 106 valence electrons. The Morgan fingerprint density at radius 1 is 1.68 bits per heavy atom. The smallest absolute Gasteiger partial charge is 0.383 e. The van der Waals surface area contributed by atoms with Gasteiger partial charge in [-0.1, -0.05) is 12.2 Å². The van der Waals surface area contributed by atoms with E-state index in [1.54, 1.807) is 6.07 Å². The minimum Gasteiger partial charge on any atom is -0.390 e. The average molecular weight is 308 g/mol. The molecule has 1 aliphatic rings. The average Bonchev–Trinajstić information content (AvgIpc) is 2.68. The molecule has 1 aromatic heterocycles. The zero-order chi connectivity index (χ0) is 14.0. The number of thiol groups is 1. The van der Waals surface area contributed by atoms with Crippen LogP contribution >= 0.6 is 19.0 Å². The summed E-state index contributed by atoms with van der Waals surface area (Å²) in [4.78, 5) is 24.0. The van der Waals surface area contributed by atoms with Crippen LogP contribution in [-0.2, 0) is 13.8 Å². The molecule has 1 fully saturated rings. The summed E-state index contributed by atoms with van der Waals surface area (Å²) in [7, 11) is 0. The Balaban J connectivity index is 2.03. The second-order valence-electron chi connectivity index (χ2n) is 4.03. The zero-order valence-electron chi connectivity index (χ0n) is 9.69. The van der Waals surface area contributed by atoms with Crippen molar-refractivity contribution in [2.75, 3.05) is 6.61 Å². The molecular weight excluding hydrogens is 295 g/mol. The van der Waals surface area contributed by atoms with E-state index in [-0.39, 0.29) is 13.0 Å². The lowest BCUT2D eigenvalue weighted by Gasteiger charge is -2.16. The van der Waals surface area contributed by atoms with Crippen LogP contribution in [0.25, 0.3) is 0 Å². The fraction of sp³-hybridized carbons (Fsp3) is 0.556. The molecule has 1 aliphatic heterocycles. The van der Waals surface area contributed by atoms with E-state index < -0.39 is 30.9 Å². The summed E-state index contributed by atoms with van der Waals surface area (Å²) in [6.07, 6.45) is 0.630. The molecule has 0 bridgehead atoms. The van der Waals surface area contributed by atoms with Crippen molar-refractivity contribution in [2.45, 2.75) is 24.9 Å². The summed E-state index contributed by atoms with van der Waals surface area (Å²) in [5, 5.41) is 9.77. The molecule has 1 saturated heterocycles. The molecule has 0 aromatic carbocycles. The third-order valence-corrected chi connectivity index (χ3v) is 3.49. The molecule has 1 unspecified atom stereocenters. The van der Waals surface area contributed by atoms with Gasteiger partial charge in [-0.05, 0) is 6.07 Å². The largest absolute Gasteiger partial charge is 0.390 e. The van der Waals surface area contributed by atoms with Crippen molar-refractivity contribution in [1.82, 2.24) is 9.55 Å². The SMILES string of the molecule is O=c1ncccn1[C@H]1C[C@H](O)[C@@H](COP(=O)(O)S)O1. The minimum atomic E-state index is -3.92. The first-order valence-corrected chi connectivity index (χ1v) is 8.16. The van der Waals surface area contributed by atoms with Crippen LogP contribution in [0.15, 0.2) is 23.3 Å². The molecule has 0 spiro atoms. The lowest BCUT2D eigenvalue weighted by molar-refractivity contribution is -0.0415. The van der Waals surface area contributed by atoms with E-state index in [2.05, 4.69) is 21.8 Å². The first kappa shape index (κ1) is 14.7. The standard InChI is InChI=1S/C9H13N2O6PS/c12-6-4-8(11-3-1-2-10-9(11)13)17-7(6)5-16-18(14,15)19/h1-3,6-8,12H,4-5H2,(H2,14,15,19)/t6-,7+,8+/m0/s1. The van der Waals surface area contributed by atoms with Crippen molar-refractivity contribution in [3.8, 4) is 0 Å². The van der Waals surface area contributed by atoms with Crippen molar-refractivity contribution in [2.24, 2.45) is 0 Å². The third kappa shape index (κ3) is 3.88. The van der Waals surface area contributed by atoms with Crippen LogP contribution in [0.4, 0.5) is 0 Å². The monoisotopic (exact) mass is 308 g/mol. The number of rotatable bonds is 4.